The first-order valence-corrected chi connectivity index (χ1v) is 11.1. The number of fused-ring (bicyclic) bond motifs is 6. The minimum Gasteiger partial charge on any atom is -0.352 e. The molecule has 7 heteroatoms. The number of nitrogens with one attached hydrogen (secondary N) is 1. The van der Waals surface area contributed by atoms with Gasteiger partial charge in [0.2, 0.25) is 5.91 Å². The van der Waals surface area contributed by atoms with E-state index >= 15 is 0 Å². The summed E-state index contributed by atoms with van der Waals surface area (Å²) in [5, 5.41) is 2.95. The van der Waals surface area contributed by atoms with Crippen LogP contribution >= 0.6 is 0 Å². The van der Waals surface area contributed by atoms with Gasteiger partial charge in [0, 0.05) is 23.1 Å². The standard InChI is InChI=1S/C27H20FN3O3/c1-15(32)24-23(25(33)20-8-4-5-13-29-20)27(18-6-2-3-7-19(18)30-26(27)34)22-12-9-16-14-17(28)10-11-21(16)31(22)24/h2-14,22-24H,1H3,(H,30,34)/t22-,23-,24-,27-/m1/s1. The molecular weight excluding hydrogens is 433 g/mol. The fraction of sp³-hybridized carbons (Fsp3) is 0.185. The van der Waals surface area contributed by atoms with Crippen molar-refractivity contribution in [3.05, 3.63) is 95.6 Å². The Kier molecular flexibility index (Phi) is 4.33. The van der Waals surface area contributed by atoms with Crippen molar-refractivity contribution in [3.63, 3.8) is 0 Å². The average molecular weight is 453 g/mol. The number of hydrogen-bond donors (Lipinski definition) is 1. The minimum absolute atomic E-state index is 0.193. The molecule has 0 unspecified atom stereocenters. The van der Waals surface area contributed by atoms with Gasteiger partial charge in [-0.1, -0.05) is 36.4 Å². The van der Waals surface area contributed by atoms with Crippen molar-refractivity contribution in [1.82, 2.24) is 4.98 Å². The Morgan fingerprint density at radius 1 is 1.09 bits per heavy atom. The largest absolute Gasteiger partial charge is 0.352 e. The van der Waals surface area contributed by atoms with Gasteiger partial charge < -0.3 is 10.2 Å². The lowest BCUT2D eigenvalue weighted by Gasteiger charge is -2.37. The van der Waals surface area contributed by atoms with E-state index in [4.69, 9.17) is 0 Å². The Labute approximate surface area is 195 Å². The lowest BCUT2D eigenvalue weighted by molar-refractivity contribution is -0.122. The number of nitrogens with zero attached hydrogens (tertiary/aromatic N) is 2. The van der Waals surface area contributed by atoms with Crippen molar-refractivity contribution in [2.45, 2.75) is 24.4 Å². The van der Waals surface area contributed by atoms with E-state index in [9.17, 15) is 18.8 Å². The number of amides is 1. The molecule has 3 aromatic rings. The van der Waals surface area contributed by atoms with Crippen molar-refractivity contribution in [1.29, 1.82) is 0 Å². The highest BCUT2D eigenvalue weighted by atomic mass is 19.1. The van der Waals surface area contributed by atoms with Crippen molar-refractivity contribution in [2.24, 2.45) is 5.92 Å². The molecule has 1 amide bonds. The molecule has 34 heavy (non-hydrogen) atoms. The molecule has 6 nitrogen and oxygen atoms in total. The third-order valence-corrected chi connectivity index (χ3v) is 7.21. The second-order valence-corrected chi connectivity index (χ2v) is 8.90. The number of aromatic nitrogens is 1. The Morgan fingerprint density at radius 2 is 1.88 bits per heavy atom. The zero-order valence-electron chi connectivity index (χ0n) is 18.2. The number of hydrogen-bond acceptors (Lipinski definition) is 5. The molecule has 3 aliphatic heterocycles. The first kappa shape index (κ1) is 20.5. The van der Waals surface area contributed by atoms with Crippen molar-refractivity contribution >= 4 is 34.9 Å². The van der Waals surface area contributed by atoms with Crippen LogP contribution in [0.3, 0.4) is 0 Å². The molecule has 1 saturated heterocycles. The van der Waals surface area contributed by atoms with Crippen LogP contribution in [0.5, 0.6) is 0 Å². The van der Waals surface area contributed by atoms with E-state index in [0.717, 1.165) is 0 Å². The van der Waals surface area contributed by atoms with Gasteiger partial charge in [-0.15, -0.1) is 0 Å². The van der Waals surface area contributed by atoms with Crippen LogP contribution in [-0.4, -0.2) is 34.5 Å². The Bertz CT molecular complexity index is 1400. The molecule has 1 fully saturated rings. The van der Waals surface area contributed by atoms with E-state index in [-0.39, 0.29) is 23.2 Å². The number of carbonyl (C=O) groups excluding carboxylic acids is 3. The Hall–Kier alpha value is -4.13. The third-order valence-electron chi connectivity index (χ3n) is 7.21. The first-order chi connectivity index (χ1) is 16.4. The molecule has 168 valence electrons. The summed E-state index contributed by atoms with van der Waals surface area (Å²) in [4.78, 5) is 47.3. The summed E-state index contributed by atoms with van der Waals surface area (Å²) in [6, 6.07) is 15.1. The second-order valence-electron chi connectivity index (χ2n) is 8.90. The number of carbonyl (C=O) groups is 3. The quantitative estimate of drug-likeness (QED) is 0.611. The van der Waals surface area contributed by atoms with E-state index in [1.54, 1.807) is 36.4 Å². The monoisotopic (exact) mass is 453 g/mol. The number of benzene rings is 2. The summed E-state index contributed by atoms with van der Waals surface area (Å²) in [5.41, 5.74) is 1.33. The zero-order valence-corrected chi connectivity index (χ0v) is 18.2. The van der Waals surface area contributed by atoms with E-state index < -0.39 is 29.2 Å². The minimum atomic E-state index is -1.36. The summed E-state index contributed by atoms with van der Waals surface area (Å²) >= 11 is 0. The number of para-hydroxylation sites is 1. The summed E-state index contributed by atoms with van der Waals surface area (Å²) in [5.74, 6) is -2.40. The zero-order chi connectivity index (χ0) is 23.6. The summed E-state index contributed by atoms with van der Waals surface area (Å²) in [6.45, 7) is 1.43. The predicted molar refractivity (Wildman–Crippen MR) is 125 cm³/mol. The van der Waals surface area contributed by atoms with Crippen LogP contribution in [0.25, 0.3) is 6.08 Å². The summed E-state index contributed by atoms with van der Waals surface area (Å²) < 4.78 is 14.0. The molecule has 1 aromatic heterocycles. The number of Topliss-reactive ketones (excluding diaryl/α,β-unsaturated/α-hetero) is 2. The maximum Gasteiger partial charge on any atom is 0.238 e. The number of ketones is 2. The van der Waals surface area contributed by atoms with E-state index in [2.05, 4.69) is 10.3 Å². The van der Waals surface area contributed by atoms with Crippen LogP contribution in [0, 0.1) is 11.7 Å². The van der Waals surface area contributed by atoms with Gasteiger partial charge in [-0.25, -0.2) is 4.39 Å². The van der Waals surface area contributed by atoms with Crippen LogP contribution in [0.15, 0.2) is 72.9 Å². The Balaban J connectivity index is 1.67. The number of anilines is 2. The highest BCUT2D eigenvalue weighted by molar-refractivity contribution is 6.16. The topological polar surface area (TPSA) is 79.4 Å². The maximum atomic E-state index is 14.1. The molecule has 1 N–H and O–H groups in total. The molecule has 0 saturated carbocycles. The predicted octanol–water partition coefficient (Wildman–Crippen LogP) is 3.78. The van der Waals surface area contributed by atoms with Gasteiger partial charge in [0.05, 0.1) is 18.0 Å². The molecule has 0 bridgehead atoms. The number of rotatable bonds is 3. The molecule has 4 atom stereocenters. The fourth-order valence-electron chi connectivity index (χ4n) is 5.97. The van der Waals surface area contributed by atoms with Gasteiger partial charge in [0.1, 0.15) is 16.9 Å². The van der Waals surface area contributed by atoms with Gasteiger partial charge in [-0.05, 0) is 48.9 Å². The number of pyridine rings is 1. The van der Waals surface area contributed by atoms with Gasteiger partial charge >= 0.3 is 0 Å². The first-order valence-electron chi connectivity index (χ1n) is 11.1. The van der Waals surface area contributed by atoms with Crippen LogP contribution < -0.4 is 10.2 Å². The lowest BCUT2D eigenvalue weighted by atomic mass is 9.64. The maximum absolute atomic E-state index is 14.1. The molecular formula is C27H20FN3O3. The van der Waals surface area contributed by atoms with Gasteiger partial charge in [-0.2, -0.15) is 0 Å². The lowest BCUT2D eigenvalue weighted by Crippen LogP contribution is -2.51. The molecule has 2 aromatic carbocycles. The van der Waals surface area contributed by atoms with Crippen LogP contribution in [-0.2, 0) is 15.0 Å². The van der Waals surface area contributed by atoms with Crippen LogP contribution in [0.2, 0.25) is 0 Å². The van der Waals surface area contributed by atoms with Gasteiger partial charge in [-0.3, -0.25) is 19.4 Å². The van der Waals surface area contributed by atoms with Crippen LogP contribution in [0.4, 0.5) is 15.8 Å². The van der Waals surface area contributed by atoms with Crippen molar-refractivity contribution in [3.8, 4) is 0 Å². The molecule has 0 aliphatic carbocycles. The SMILES string of the molecule is CC(=O)[C@@H]1[C@H](C(=O)c2ccccn2)[C@]2(C(=O)Nc3ccccc32)[C@H]2C=Cc3cc(F)ccc3N12. The second kappa shape index (κ2) is 7.18. The average Bonchev–Trinajstić information content (AvgIpc) is 3.32. The smallest absolute Gasteiger partial charge is 0.238 e. The van der Waals surface area contributed by atoms with Crippen molar-refractivity contribution < 1.29 is 18.8 Å². The Morgan fingerprint density at radius 3 is 2.65 bits per heavy atom. The molecule has 1 spiro atoms. The van der Waals surface area contributed by atoms with Gasteiger partial charge in [0.25, 0.3) is 0 Å². The molecule has 0 radical (unpaired) electrons. The molecule has 3 aliphatic rings. The third kappa shape index (κ3) is 2.55. The fourth-order valence-corrected chi connectivity index (χ4v) is 5.97. The molecule has 6 rings (SSSR count). The van der Waals surface area contributed by atoms with E-state index in [1.165, 1.54) is 25.3 Å². The normalized spacial score (nSPS) is 26.1. The molecule has 4 heterocycles. The summed E-state index contributed by atoms with van der Waals surface area (Å²) in [6.07, 6.45) is 5.09. The highest BCUT2D eigenvalue weighted by Crippen LogP contribution is 2.57. The highest BCUT2D eigenvalue weighted by Gasteiger charge is 2.70. The van der Waals surface area contributed by atoms with E-state index in [0.29, 0.717) is 22.5 Å². The van der Waals surface area contributed by atoms with Crippen molar-refractivity contribution in [2.75, 3.05) is 10.2 Å². The number of halogens is 1. The van der Waals surface area contributed by atoms with Gasteiger partial charge in [0.15, 0.2) is 11.6 Å². The summed E-state index contributed by atoms with van der Waals surface area (Å²) in [7, 11) is 0. The van der Waals surface area contributed by atoms with E-state index in [1.807, 2.05) is 29.2 Å². The van der Waals surface area contributed by atoms with Crippen LogP contribution in [0.1, 0.15) is 28.5 Å².